The molecule has 0 heterocycles. The number of hydrogen-bond donors (Lipinski definition) is 2. The van der Waals surface area contributed by atoms with E-state index in [2.05, 4.69) is 5.32 Å². The Bertz CT molecular complexity index is 484. The molecule has 0 bridgehead atoms. The summed E-state index contributed by atoms with van der Waals surface area (Å²) in [5.74, 6) is 0.134. The zero-order valence-electron chi connectivity index (χ0n) is 12.8. The Balaban J connectivity index is 2.81. The predicted molar refractivity (Wildman–Crippen MR) is 79.7 cm³/mol. The molecule has 0 saturated heterocycles. The normalized spacial score (nSPS) is 15.9. The lowest BCUT2D eigenvalue weighted by Crippen LogP contribution is -2.42. The number of benzene rings is 1. The van der Waals surface area contributed by atoms with Crippen molar-refractivity contribution in [2.75, 3.05) is 6.54 Å². The number of nitro groups is 1. The Hall–Kier alpha value is -1.46. The molecule has 2 N–H and O–H groups in total. The first-order valence-corrected chi connectivity index (χ1v) is 6.86. The fourth-order valence-electron chi connectivity index (χ4n) is 1.77. The second kappa shape index (κ2) is 6.33. The molecule has 5 nitrogen and oxygen atoms in total. The fraction of sp³-hybridized carbons (Fsp3) is 0.600. The second-order valence-electron chi connectivity index (χ2n) is 5.92. The minimum atomic E-state index is -0.801. The molecule has 0 saturated carbocycles. The van der Waals surface area contributed by atoms with Crippen molar-refractivity contribution in [3.05, 3.63) is 39.4 Å². The monoisotopic (exact) mass is 280 g/mol. The molecule has 1 aromatic carbocycles. The first-order chi connectivity index (χ1) is 9.15. The van der Waals surface area contributed by atoms with Crippen LogP contribution in [-0.4, -0.2) is 22.2 Å². The summed E-state index contributed by atoms with van der Waals surface area (Å²) < 4.78 is 0. The number of rotatable bonds is 6. The highest BCUT2D eigenvalue weighted by molar-refractivity contribution is 5.43. The van der Waals surface area contributed by atoms with Gasteiger partial charge in [-0.3, -0.25) is 10.1 Å². The van der Waals surface area contributed by atoms with Crippen molar-refractivity contribution >= 4 is 5.69 Å². The van der Waals surface area contributed by atoms with Crippen LogP contribution in [0.2, 0.25) is 0 Å². The maximum Gasteiger partial charge on any atom is 0.272 e. The van der Waals surface area contributed by atoms with Gasteiger partial charge in [0.25, 0.3) is 5.69 Å². The summed E-state index contributed by atoms with van der Waals surface area (Å²) in [6, 6.07) is 5.17. The quantitative estimate of drug-likeness (QED) is 0.620. The summed E-state index contributed by atoms with van der Waals surface area (Å²) in [6.45, 7) is 9.81. The van der Waals surface area contributed by atoms with Crippen LogP contribution in [0.25, 0.3) is 0 Å². The third-order valence-corrected chi connectivity index (χ3v) is 3.94. The highest BCUT2D eigenvalue weighted by atomic mass is 16.6. The van der Waals surface area contributed by atoms with Gasteiger partial charge in [0, 0.05) is 24.2 Å². The van der Waals surface area contributed by atoms with Crippen molar-refractivity contribution < 1.29 is 10.0 Å². The molecule has 0 fully saturated rings. The molecule has 0 aliphatic heterocycles. The van der Waals surface area contributed by atoms with Gasteiger partial charge in [-0.2, -0.15) is 0 Å². The van der Waals surface area contributed by atoms with Gasteiger partial charge in [-0.25, -0.2) is 0 Å². The lowest BCUT2D eigenvalue weighted by molar-refractivity contribution is -0.385. The summed E-state index contributed by atoms with van der Waals surface area (Å²) in [5.41, 5.74) is 0.832. The molecular formula is C15H24N2O3. The van der Waals surface area contributed by atoms with E-state index in [0.29, 0.717) is 12.1 Å². The first kappa shape index (κ1) is 16.6. The Labute approximate surface area is 120 Å². The molecule has 0 aliphatic carbocycles. The molecule has 1 rings (SSSR count). The summed E-state index contributed by atoms with van der Waals surface area (Å²) in [6.07, 6.45) is 0. The van der Waals surface area contributed by atoms with Crippen LogP contribution in [0.5, 0.6) is 0 Å². The lowest BCUT2D eigenvalue weighted by Gasteiger charge is -2.29. The Morgan fingerprint density at radius 2 is 2.00 bits per heavy atom. The maximum atomic E-state index is 10.9. The van der Waals surface area contributed by atoms with Crippen molar-refractivity contribution in [2.45, 2.75) is 46.3 Å². The molecular weight excluding hydrogens is 256 g/mol. The topological polar surface area (TPSA) is 75.4 Å². The van der Waals surface area contributed by atoms with E-state index in [1.807, 2.05) is 26.8 Å². The van der Waals surface area contributed by atoms with Crippen LogP contribution in [0.15, 0.2) is 18.2 Å². The highest BCUT2D eigenvalue weighted by Crippen LogP contribution is 2.24. The van der Waals surface area contributed by atoms with Crippen molar-refractivity contribution in [1.82, 2.24) is 5.32 Å². The molecule has 2 unspecified atom stereocenters. The van der Waals surface area contributed by atoms with Crippen LogP contribution in [0.4, 0.5) is 5.69 Å². The smallest absolute Gasteiger partial charge is 0.272 e. The summed E-state index contributed by atoms with van der Waals surface area (Å²) in [4.78, 5) is 10.6. The van der Waals surface area contributed by atoms with Crippen LogP contribution >= 0.6 is 0 Å². The van der Waals surface area contributed by atoms with Crippen molar-refractivity contribution in [2.24, 2.45) is 5.92 Å². The van der Waals surface area contributed by atoms with Gasteiger partial charge >= 0.3 is 0 Å². The SMILES string of the molecule is Cc1ccc(C(C)NCC(C)(O)C(C)C)cc1[N+](=O)[O-]. The van der Waals surface area contributed by atoms with E-state index in [4.69, 9.17) is 0 Å². The Morgan fingerprint density at radius 1 is 1.40 bits per heavy atom. The standard InChI is InChI=1S/C15H24N2O3/c1-10(2)15(5,18)9-16-12(4)13-7-6-11(3)14(8-13)17(19)20/h6-8,10,12,16,18H,9H2,1-5H3. The highest BCUT2D eigenvalue weighted by Gasteiger charge is 2.25. The molecule has 2 atom stereocenters. The molecule has 0 aliphatic rings. The zero-order chi connectivity index (χ0) is 15.5. The van der Waals surface area contributed by atoms with Gasteiger partial charge in [0.1, 0.15) is 0 Å². The predicted octanol–water partition coefficient (Wildman–Crippen LogP) is 2.96. The number of nitrogens with one attached hydrogen (secondary N) is 1. The summed E-state index contributed by atoms with van der Waals surface area (Å²) in [7, 11) is 0. The fourth-order valence-corrected chi connectivity index (χ4v) is 1.77. The average Bonchev–Trinajstić information content (AvgIpc) is 2.36. The van der Waals surface area contributed by atoms with E-state index in [1.165, 1.54) is 0 Å². The number of aliphatic hydroxyl groups is 1. The van der Waals surface area contributed by atoms with E-state index in [0.717, 1.165) is 5.56 Å². The van der Waals surface area contributed by atoms with Gasteiger partial charge in [-0.1, -0.05) is 26.0 Å². The second-order valence-corrected chi connectivity index (χ2v) is 5.92. The average molecular weight is 280 g/mol. The van der Waals surface area contributed by atoms with Crippen molar-refractivity contribution in [3.8, 4) is 0 Å². The van der Waals surface area contributed by atoms with Crippen LogP contribution in [0.3, 0.4) is 0 Å². The first-order valence-electron chi connectivity index (χ1n) is 6.86. The van der Waals surface area contributed by atoms with E-state index in [9.17, 15) is 15.2 Å². The molecule has 5 heteroatoms. The Morgan fingerprint density at radius 3 is 2.50 bits per heavy atom. The van der Waals surface area contributed by atoms with Crippen LogP contribution in [-0.2, 0) is 0 Å². The number of nitro benzene ring substituents is 1. The van der Waals surface area contributed by atoms with E-state index in [-0.39, 0.29) is 22.6 Å². The van der Waals surface area contributed by atoms with Gasteiger partial charge in [0.15, 0.2) is 0 Å². The molecule has 20 heavy (non-hydrogen) atoms. The number of aryl methyl sites for hydroxylation is 1. The van der Waals surface area contributed by atoms with Gasteiger partial charge < -0.3 is 10.4 Å². The molecule has 0 spiro atoms. The van der Waals surface area contributed by atoms with E-state index >= 15 is 0 Å². The summed E-state index contributed by atoms with van der Waals surface area (Å²) in [5, 5.41) is 24.4. The molecule has 0 amide bonds. The summed E-state index contributed by atoms with van der Waals surface area (Å²) >= 11 is 0. The van der Waals surface area contributed by atoms with Crippen molar-refractivity contribution in [3.63, 3.8) is 0 Å². The minimum Gasteiger partial charge on any atom is -0.389 e. The number of hydrogen-bond acceptors (Lipinski definition) is 4. The Kier molecular flexibility index (Phi) is 5.25. The van der Waals surface area contributed by atoms with Crippen molar-refractivity contribution in [1.29, 1.82) is 0 Å². The lowest BCUT2D eigenvalue weighted by atomic mass is 9.92. The molecule has 112 valence electrons. The third-order valence-electron chi connectivity index (χ3n) is 3.94. The molecule has 1 aromatic rings. The van der Waals surface area contributed by atoms with Gasteiger partial charge in [0.2, 0.25) is 0 Å². The molecule has 0 aromatic heterocycles. The minimum absolute atomic E-state index is 0.0560. The third kappa shape index (κ3) is 4.02. The van der Waals surface area contributed by atoms with Crippen LogP contribution in [0.1, 0.15) is 44.9 Å². The van der Waals surface area contributed by atoms with Gasteiger partial charge in [0.05, 0.1) is 10.5 Å². The largest absolute Gasteiger partial charge is 0.389 e. The van der Waals surface area contributed by atoms with E-state index < -0.39 is 5.60 Å². The van der Waals surface area contributed by atoms with E-state index in [1.54, 1.807) is 26.0 Å². The molecule has 0 radical (unpaired) electrons. The van der Waals surface area contributed by atoms with Crippen LogP contribution < -0.4 is 5.32 Å². The van der Waals surface area contributed by atoms with Crippen LogP contribution in [0, 0.1) is 23.0 Å². The van der Waals surface area contributed by atoms with Gasteiger partial charge in [-0.15, -0.1) is 0 Å². The zero-order valence-corrected chi connectivity index (χ0v) is 12.8. The number of nitrogens with zero attached hydrogens (tertiary/aromatic N) is 1. The maximum absolute atomic E-state index is 10.9. The van der Waals surface area contributed by atoms with Gasteiger partial charge in [-0.05, 0) is 32.3 Å².